The fraction of sp³-hybridized carbons (Fsp3) is 0.571. The summed E-state index contributed by atoms with van der Waals surface area (Å²) in [6.45, 7) is 6.08. The van der Waals surface area contributed by atoms with Crippen LogP contribution in [0.3, 0.4) is 0 Å². The molecule has 0 atom stereocenters. The molecule has 0 unspecified atom stereocenters. The van der Waals surface area contributed by atoms with Crippen LogP contribution in [0.4, 0.5) is 5.69 Å². The number of aromatic nitrogens is 1. The lowest BCUT2D eigenvalue weighted by Crippen LogP contribution is -2.43. The fourth-order valence-corrected chi connectivity index (χ4v) is 2.32. The molecule has 0 radical (unpaired) electrons. The van der Waals surface area contributed by atoms with Crippen LogP contribution in [0.2, 0.25) is 0 Å². The lowest BCUT2D eigenvalue weighted by molar-refractivity contribution is -0.117. The average Bonchev–Trinajstić information content (AvgIpc) is 2.36. The van der Waals surface area contributed by atoms with E-state index in [9.17, 15) is 4.79 Å². The second kappa shape index (κ2) is 6.12. The molecule has 0 aromatic carbocycles. The summed E-state index contributed by atoms with van der Waals surface area (Å²) in [6, 6.07) is 4.10. The maximum Gasteiger partial charge on any atom is 0.238 e. The maximum absolute atomic E-state index is 12.0. The van der Waals surface area contributed by atoms with Gasteiger partial charge in [-0.2, -0.15) is 0 Å². The molecular formula is C14H22N4O. The highest BCUT2D eigenvalue weighted by molar-refractivity contribution is 5.92. The largest absolute Gasteiger partial charge is 0.328 e. The summed E-state index contributed by atoms with van der Waals surface area (Å²) in [5.41, 5.74) is 8.46. The van der Waals surface area contributed by atoms with Crippen LogP contribution < -0.4 is 11.1 Å². The smallest absolute Gasteiger partial charge is 0.238 e. The Balaban J connectivity index is 1.87. The minimum absolute atomic E-state index is 0.0178. The number of aryl methyl sites for hydroxylation is 2. The van der Waals surface area contributed by atoms with Crippen LogP contribution in [-0.2, 0) is 4.79 Å². The summed E-state index contributed by atoms with van der Waals surface area (Å²) in [5, 5.41) is 2.92. The molecule has 2 rings (SSSR count). The molecule has 1 fully saturated rings. The number of carbonyl (C=O) groups excluding carboxylic acids is 1. The summed E-state index contributed by atoms with van der Waals surface area (Å²) in [6.07, 6.45) is 1.94. The number of likely N-dealkylation sites (tertiary alicyclic amines) is 1. The number of nitrogens with zero attached hydrogens (tertiary/aromatic N) is 2. The van der Waals surface area contributed by atoms with Crippen molar-refractivity contribution in [1.82, 2.24) is 9.88 Å². The Morgan fingerprint density at radius 1 is 1.42 bits per heavy atom. The van der Waals surface area contributed by atoms with Crippen LogP contribution in [0.15, 0.2) is 12.1 Å². The van der Waals surface area contributed by atoms with Gasteiger partial charge in [-0.3, -0.25) is 14.7 Å². The first kappa shape index (κ1) is 14.0. The molecule has 0 bridgehead atoms. The van der Waals surface area contributed by atoms with E-state index in [1.54, 1.807) is 0 Å². The molecule has 1 saturated heterocycles. The topological polar surface area (TPSA) is 71.2 Å². The zero-order valence-corrected chi connectivity index (χ0v) is 11.6. The minimum atomic E-state index is 0.0178. The second-order valence-electron chi connectivity index (χ2n) is 5.25. The third-order valence-electron chi connectivity index (χ3n) is 3.50. The van der Waals surface area contributed by atoms with E-state index in [1.165, 1.54) is 0 Å². The van der Waals surface area contributed by atoms with Crippen molar-refractivity contribution >= 4 is 11.6 Å². The normalized spacial score (nSPS) is 17.4. The van der Waals surface area contributed by atoms with Gasteiger partial charge < -0.3 is 11.1 Å². The van der Waals surface area contributed by atoms with Crippen LogP contribution in [-0.4, -0.2) is 41.5 Å². The van der Waals surface area contributed by atoms with Crippen molar-refractivity contribution in [3.63, 3.8) is 0 Å². The zero-order chi connectivity index (χ0) is 13.8. The summed E-state index contributed by atoms with van der Waals surface area (Å²) >= 11 is 0. The Bertz CT molecular complexity index is 453. The Morgan fingerprint density at radius 2 is 2.11 bits per heavy atom. The number of hydrogen-bond acceptors (Lipinski definition) is 4. The van der Waals surface area contributed by atoms with E-state index in [4.69, 9.17) is 5.73 Å². The van der Waals surface area contributed by atoms with Gasteiger partial charge in [-0.25, -0.2) is 0 Å². The van der Waals surface area contributed by atoms with E-state index in [2.05, 4.69) is 15.2 Å². The van der Waals surface area contributed by atoms with Crippen LogP contribution in [0, 0.1) is 13.8 Å². The first-order chi connectivity index (χ1) is 9.04. The Morgan fingerprint density at radius 3 is 2.74 bits per heavy atom. The number of rotatable bonds is 3. The molecule has 3 N–H and O–H groups in total. The average molecular weight is 262 g/mol. The van der Waals surface area contributed by atoms with Crippen molar-refractivity contribution in [3.05, 3.63) is 23.5 Å². The molecule has 2 heterocycles. The second-order valence-corrected chi connectivity index (χ2v) is 5.25. The van der Waals surface area contributed by atoms with Crippen molar-refractivity contribution in [2.75, 3.05) is 25.0 Å². The van der Waals surface area contributed by atoms with Gasteiger partial charge in [-0.1, -0.05) is 0 Å². The van der Waals surface area contributed by atoms with E-state index in [0.717, 1.165) is 43.0 Å². The number of anilines is 1. The lowest BCUT2D eigenvalue weighted by atomic mass is 10.1. The number of nitrogens with one attached hydrogen (secondary N) is 1. The molecule has 0 aliphatic carbocycles. The first-order valence-corrected chi connectivity index (χ1v) is 6.76. The lowest BCUT2D eigenvalue weighted by Gasteiger charge is -2.29. The van der Waals surface area contributed by atoms with Crippen LogP contribution in [0.25, 0.3) is 0 Å². The van der Waals surface area contributed by atoms with Gasteiger partial charge in [-0.05, 0) is 38.8 Å². The Labute approximate surface area is 114 Å². The van der Waals surface area contributed by atoms with Gasteiger partial charge in [0.25, 0.3) is 0 Å². The number of hydrogen-bond donors (Lipinski definition) is 2. The summed E-state index contributed by atoms with van der Waals surface area (Å²) in [4.78, 5) is 18.5. The molecule has 1 aliphatic rings. The third-order valence-corrected chi connectivity index (χ3v) is 3.50. The van der Waals surface area contributed by atoms with Crippen molar-refractivity contribution < 1.29 is 4.79 Å². The van der Waals surface area contributed by atoms with E-state index >= 15 is 0 Å². The van der Waals surface area contributed by atoms with Crippen molar-refractivity contribution in [3.8, 4) is 0 Å². The molecule has 5 nitrogen and oxygen atoms in total. The van der Waals surface area contributed by atoms with Crippen LogP contribution in [0.5, 0.6) is 0 Å². The molecular weight excluding hydrogens is 240 g/mol. The SMILES string of the molecule is Cc1ccc(NC(=O)CN2CCC(N)CC2)c(C)n1. The number of nitrogens with two attached hydrogens (primary N) is 1. The van der Waals surface area contributed by atoms with Crippen molar-refractivity contribution in [2.24, 2.45) is 5.73 Å². The fourth-order valence-electron chi connectivity index (χ4n) is 2.32. The molecule has 1 aromatic rings. The number of amides is 1. The van der Waals surface area contributed by atoms with Gasteiger partial charge in [-0.15, -0.1) is 0 Å². The van der Waals surface area contributed by atoms with E-state index in [0.29, 0.717) is 12.6 Å². The Kier molecular flexibility index (Phi) is 4.50. The molecule has 1 aliphatic heterocycles. The predicted octanol–water partition coefficient (Wildman–Crippen LogP) is 1.06. The van der Waals surface area contributed by atoms with E-state index in [-0.39, 0.29) is 5.91 Å². The third kappa shape index (κ3) is 4.01. The van der Waals surface area contributed by atoms with Gasteiger partial charge in [0.1, 0.15) is 0 Å². The number of pyridine rings is 1. The molecule has 0 saturated carbocycles. The quantitative estimate of drug-likeness (QED) is 0.854. The molecule has 5 heteroatoms. The number of carbonyl (C=O) groups is 1. The van der Waals surface area contributed by atoms with E-state index in [1.807, 2.05) is 26.0 Å². The Hall–Kier alpha value is -1.46. The van der Waals surface area contributed by atoms with E-state index < -0.39 is 0 Å². The molecule has 19 heavy (non-hydrogen) atoms. The van der Waals surface area contributed by atoms with Crippen LogP contribution >= 0.6 is 0 Å². The van der Waals surface area contributed by atoms with Crippen molar-refractivity contribution in [1.29, 1.82) is 0 Å². The highest BCUT2D eigenvalue weighted by atomic mass is 16.2. The monoisotopic (exact) mass is 262 g/mol. The zero-order valence-electron chi connectivity index (χ0n) is 11.6. The predicted molar refractivity (Wildman–Crippen MR) is 76.0 cm³/mol. The summed E-state index contributed by atoms with van der Waals surface area (Å²) in [7, 11) is 0. The van der Waals surface area contributed by atoms with Gasteiger partial charge in [0, 0.05) is 24.8 Å². The highest BCUT2D eigenvalue weighted by Gasteiger charge is 2.18. The molecule has 1 amide bonds. The van der Waals surface area contributed by atoms with Crippen LogP contribution in [0.1, 0.15) is 24.2 Å². The first-order valence-electron chi connectivity index (χ1n) is 6.76. The van der Waals surface area contributed by atoms with Crippen molar-refractivity contribution in [2.45, 2.75) is 32.7 Å². The maximum atomic E-state index is 12.0. The molecule has 104 valence electrons. The van der Waals surface area contributed by atoms with Gasteiger partial charge >= 0.3 is 0 Å². The van der Waals surface area contributed by atoms with Gasteiger partial charge in [0.05, 0.1) is 17.9 Å². The summed E-state index contributed by atoms with van der Waals surface area (Å²) < 4.78 is 0. The number of piperidine rings is 1. The highest BCUT2D eigenvalue weighted by Crippen LogP contribution is 2.13. The standard InChI is InChI=1S/C14H22N4O/c1-10-3-4-13(11(2)16-10)17-14(19)9-18-7-5-12(15)6-8-18/h3-4,12H,5-9,15H2,1-2H3,(H,17,19). The summed E-state index contributed by atoms with van der Waals surface area (Å²) in [5.74, 6) is 0.0178. The molecule has 0 spiro atoms. The van der Waals surface area contributed by atoms with Gasteiger partial charge in [0.15, 0.2) is 0 Å². The van der Waals surface area contributed by atoms with Gasteiger partial charge in [0.2, 0.25) is 5.91 Å². The minimum Gasteiger partial charge on any atom is -0.328 e. The molecule has 1 aromatic heterocycles.